The van der Waals surface area contributed by atoms with Crippen LogP contribution >= 0.6 is 15.9 Å². The van der Waals surface area contributed by atoms with Crippen LogP contribution in [0.3, 0.4) is 0 Å². The lowest BCUT2D eigenvalue weighted by Gasteiger charge is -2.35. The van der Waals surface area contributed by atoms with Crippen LogP contribution in [0.2, 0.25) is 0 Å². The van der Waals surface area contributed by atoms with E-state index in [0.717, 1.165) is 16.5 Å². The summed E-state index contributed by atoms with van der Waals surface area (Å²) in [6, 6.07) is 6.87. The monoisotopic (exact) mass is 351 g/mol. The smallest absolute Gasteiger partial charge is 0.326 e. The van der Waals surface area contributed by atoms with E-state index in [1.54, 1.807) is 6.08 Å². The number of piperidine rings is 1. The van der Waals surface area contributed by atoms with Crippen LogP contribution in [0.25, 0.3) is 6.08 Å². The van der Waals surface area contributed by atoms with Gasteiger partial charge in [0.2, 0.25) is 5.91 Å². The summed E-state index contributed by atoms with van der Waals surface area (Å²) in [5.41, 5.74) is 0.898. The second-order valence-corrected chi connectivity index (χ2v) is 6.32. The van der Waals surface area contributed by atoms with Crippen molar-refractivity contribution in [3.63, 3.8) is 0 Å². The number of carbonyl (C=O) groups excluding carboxylic acids is 1. The van der Waals surface area contributed by atoms with Gasteiger partial charge in [0.1, 0.15) is 6.04 Å². The fourth-order valence-corrected chi connectivity index (χ4v) is 2.93. The first kappa shape index (κ1) is 15.8. The number of nitrogens with zero attached hydrogens (tertiary/aromatic N) is 1. The maximum absolute atomic E-state index is 12.2. The van der Waals surface area contributed by atoms with Crippen LogP contribution in [0.15, 0.2) is 34.8 Å². The highest BCUT2D eigenvalue weighted by Crippen LogP contribution is 2.23. The van der Waals surface area contributed by atoms with Gasteiger partial charge in [-0.05, 0) is 42.5 Å². The summed E-state index contributed by atoms with van der Waals surface area (Å²) in [5, 5.41) is 9.27. The number of carboxylic acid groups (broad SMARTS) is 1. The summed E-state index contributed by atoms with van der Waals surface area (Å²) in [5.74, 6) is -0.829. The number of hydrogen-bond donors (Lipinski definition) is 1. The van der Waals surface area contributed by atoms with Crippen LogP contribution in [0, 0.1) is 5.92 Å². The zero-order chi connectivity index (χ0) is 15.4. The van der Waals surface area contributed by atoms with Crippen molar-refractivity contribution in [2.75, 3.05) is 6.54 Å². The minimum atomic E-state index is -0.925. The first-order valence-electron chi connectivity index (χ1n) is 6.94. The second-order valence-electron chi connectivity index (χ2n) is 5.40. The first-order valence-corrected chi connectivity index (χ1v) is 7.73. The van der Waals surface area contributed by atoms with Crippen molar-refractivity contribution in [2.24, 2.45) is 5.92 Å². The third kappa shape index (κ3) is 4.17. The van der Waals surface area contributed by atoms with E-state index in [-0.39, 0.29) is 5.91 Å². The molecular weight excluding hydrogens is 334 g/mol. The Kier molecular flexibility index (Phi) is 5.17. The molecule has 1 heterocycles. The number of halogens is 1. The maximum atomic E-state index is 12.2. The lowest BCUT2D eigenvalue weighted by atomic mass is 9.92. The highest BCUT2D eigenvalue weighted by Gasteiger charge is 2.33. The summed E-state index contributed by atoms with van der Waals surface area (Å²) in [6.07, 6.45) is 4.53. The van der Waals surface area contributed by atoms with Crippen molar-refractivity contribution in [1.82, 2.24) is 4.90 Å². The molecule has 2 atom stereocenters. The predicted molar refractivity (Wildman–Crippen MR) is 84.7 cm³/mol. The van der Waals surface area contributed by atoms with Crippen LogP contribution in [-0.4, -0.2) is 34.5 Å². The lowest BCUT2D eigenvalue weighted by Crippen LogP contribution is -2.49. The fourth-order valence-electron chi connectivity index (χ4n) is 2.51. The van der Waals surface area contributed by atoms with Gasteiger partial charge in [-0.2, -0.15) is 0 Å². The normalized spacial score (nSPS) is 22.5. The van der Waals surface area contributed by atoms with Crippen molar-refractivity contribution in [3.8, 4) is 0 Å². The van der Waals surface area contributed by atoms with Crippen molar-refractivity contribution < 1.29 is 14.7 Å². The van der Waals surface area contributed by atoms with E-state index in [0.29, 0.717) is 18.9 Å². The molecule has 1 aromatic carbocycles. The number of likely N-dealkylation sites (tertiary alicyclic amines) is 1. The molecule has 1 aliphatic rings. The molecule has 5 heteroatoms. The molecule has 2 unspecified atom stereocenters. The average Bonchev–Trinajstić information content (AvgIpc) is 2.44. The third-order valence-corrected chi connectivity index (χ3v) is 4.19. The molecule has 0 aromatic heterocycles. The highest BCUT2D eigenvalue weighted by atomic mass is 79.9. The molecule has 0 aliphatic carbocycles. The third-order valence-electron chi connectivity index (χ3n) is 3.70. The number of hydrogen-bond acceptors (Lipinski definition) is 2. The van der Waals surface area contributed by atoms with E-state index in [2.05, 4.69) is 15.9 Å². The highest BCUT2D eigenvalue weighted by molar-refractivity contribution is 9.10. The van der Waals surface area contributed by atoms with E-state index in [9.17, 15) is 14.7 Å². The largest absolute Gasteiger partial charge is 0.480 e. The van der Waals surface area contributed by atoms with Gasteiger partial charge in [0.05, 0.1) is 0 Å². The van der Waals surface area contributed by atoms with Crippen molar-refractivity contribution in [1.29, 1.82) is 0 Å². The van der Waals surface area contributed by atoms with Crippen molar-refractivity contribution >= 4 is 33.9 Å². The van der Waals surface area contributed by atoms with E-state index in [4.69, 9.17) is 0 Å². The topological polar surface area (TPSA) is 57.6 Å². The van der Waals surface area contributed by atoms with E-state index in [1.807, 2.05) is 31.2 Å². The number of aliphatic carboxylic acids is 1. The molecule has 0 radical (unpaired) electrons. The zero-order valence-electron chi connectivity index (χ0n) is 11.8. The number of rotatable bonds is 3. The van der Waals surface area contributed by atoms with Crippen LogP contribution in [0.4, 0.5) is 0 Å². The molecule has 21 heavy (non-hydrogen) atoms. The Hall–Kier alpha value is -1.62. The number of carboxylic acids is 1. The van der Waals surface area contributed by atoms with Gasteiger partial charge >= 0.3 is 5.97 Å². The van der Waals surface area contributed by atoms with Crippen LogP contribution in [-0.2, 0) is 9.59 Å². The summed E-state index contributed by atoms with van der Waals surface area (Å²) in [7, 11) is 0. The van der Waals surface area contributed by atoms with Gasteiger partial charge in [0.15, 0.2) is 0 Å². The molecular formula is C16H18BrNO3. The van der Waals surface area contributed by atoms with E-state index in [1.165, 1.54) is 11.0 Å². The Labute approximate surface area is 132 Å². The van der Waals surface area contributed by atoms with Gasteiger partial charge < -0.3 is 10.0 Å². The molecule has 2 rings (SSSR count). The first-order chi connectivity index (χ1) is 9.97. The Morgan fingerprint density at radius 3 is 2.86 bits per heavy atom. The molecule has 112 valence electrons. The van der Waals surface area contributed by atoms with Crippen LogP contribution in [0.1, 0.15) is 25.3 Å². The Bertz CT molecular complexity index is 570. The second kappa shape index (κ2) is 6.89. The van der Waals surface area contributed by atoms with E-state index >= 15 is 0 Å². The number of carbonyl (C=O) groups is 2. The minimum Gasteiger partial charge on any atom is -0.480 e. The van der Waals surface area contributed by atoms with Gasteiger partial charge in [-0.25, -0.2) is 4.79 Å². The molecule has 1 fully saturated rings. The average molecular weight is 352 g/mol. The Morgan fingerprint density at radius 1 is 1.43 bits per heavy atom. The lowest BCUT2D eigenvalue weighted by molar-refractivity contribution is -0.151. The van der Waals surface area contributed by atoms with E-state index < -0.39 is 12.0 Å². The quantitative estimate of drug-likeness (QED) is 0.850. The SMILES string of the molecule is CC1CCN(C(=O)/C=C/c2cccc(Br)c2)C(C(=O)O)C1. The van der Waals surface area contributed by atoms with Gasteiger partial charge in [0.25, 0.3) is 0 Å². The molecule has 0 bridgehead atoms. The van der Waals surface area contributed by atoms with Gasteiger partial charge in [0, 0.05) is 17.1 Å². The predicted octanol–water partition coefficient (Wildman–Crippen LogP) is 3.17. The van der Waals surface area contributed by atoms with Crippen molar-refractivity contribution in [2.45, 2.75) is 25.8 Å². The fraction of sp³-hybridized carbons (Fsp3) is 0.375. The molecule has 1 N–H and O–H groups in total. The number of amides is 1. The van der Waals surface area contributed by atoms with Gasteiger partial charge in [-0.3, -0.25) is 4.79 Å². The molecule has 0 saturated carbocycles. The molecule has 1 saturated heterocycles. The summed E-state index contributed by atoms with van der Waals surface area (Å²) < 4.78 is 0.937. The molecule has 1 aromatic rings. The summed E-state index contributed by atoms with van der Waals surface area (Å²) in [4.78, 5) is 25.0. The Morgan fingerprint density at radius 2 is 2.19 bits per heavy atom. The van der Waals surface area contributed by atoms with Crippen LogP contribution in [0.5, 0.6) is 0 Å². The molecule has 1 amide bonds. The minimum absolute atomic E-state index is 0.241. The summed E-state index contributed by atoms with van der Waals surface area (Å²) >= 11 is 3.37. The van der Waals surface area contributed by atoms with Crippen LogP contribution < -0.4 is 0 Å². The molecule has 0 spiro atoms. The molecule has 1 aliphatic heterocycles. The number of benzene rings is 1. The zero-order valence-corrected chi connectivity index (χ0v) is 13.4. The van der Waals surface area contributed by atoms with Crippen molar-refractivity contribution in [3.05, 3.63) is 40.4 Å². The summed E-state index contributed by atoms with van der Waals surface area (Å²) in [6.45, 7) is 2.52. The van der Waals surface area contributed by atoms with Gasteiger partial charge in [-0.15, -0.1) is 0 Å². The Balaban J connectivity index is 2.09. The molecule has 4 nitrogen and oxygen atoms in total. The standard InChI is InChI=1S/C16H18BrNO3/c1-11-7-8-18(14(9-11)16(20)21)15(19)6-5-12-3-2-4-13(17)10-12/h2-6,10-11,14H,7-9H2,1H3,(H,20,21)/b6-5+. The van der Waals surface area contributed by atoms with Gasteiger partial charge in [-0.1, -0.05) is 35.0 Å². The maximum Gasteiger partial charge on any atom is 0.326 e.